The van der Waals surface area contributed by atoms with Crippen molar-refractivity contribution in [3.05, 3.63) is 129 Å². The first-order valence-corrected chi connectivity index (χ1v) is 17.6. The lowest BCUT2D eigenvalue weighted by Gasteiger charge is -2.34. The van der Waals surface area contributed by atoms with Gasteiger partial charge in [-0.15, -0.1) is 0 Å². The van der Waals surface area contributed by atoms with Gasteiger partial charge in [-0.3, -0.25) is 13.9 Å². The molecule has 260 valence electrons. The van der Waals surface area contributed by atoms with Crippen LogP contribution in [0.3, 0.4) is 0 Å². The molecule has 0 aliphatic rings. The lowest BCUT2D eigenvalue weighted by atomic mass is 10.0. The molecule has 0 spiro atoms. The normalized spacial score (nSPS) is 13.0. The molecule has 49 heavy (non-hydrogen) atoms. The van der Waals surface area contributed by atoms with Gasteiger partial charge in [-0.05, 0) is 73.9 Å². The molecule has 2 atom stereocenters. The minimum atomic E-state index is -4.78. The maximum atomic E-state index is 14.5. The summed E-state index contributed by atoms with van der Waals surface area (Å²) in [6.45, 7) is 4.34. The van der Waals surface area contributed by atoms with E-state index in [0.29, 0.717) is 22.4 Å². The van der Waals surface area contributed by atoms with Gasteiger partial charge in [0, 0.05) is 19.0 Å². The van der Waals surface area contributed by atoms with Gasteiger partial charge < -0.3 is 10.2 Å². The van der Waals surface area contributed by atoms with Gasteiger partial charge in [0.15, 0.2) is 0 Å². The van der Waals surface area contributed by atoms with E-state index in [-0.39, 0.29) is 39.6 Å². The molecule has 13 heteroatoms. The zero-order chi connectivity index (χ0) is 35.9. The first-order chi connectivity index (χ1) is 23.1. The van der Waals surface area contributed by atoms with Crippen LogP contribution in [0.25, 0.3) is 0 Å². The first-order valence-electron chi connectivity index (χ1n) is 15.4. The minimum Gasteiger partial charge on any atom is -0.352 e. The molecule has 0 bridgehead atoms. The summed E-state index contributed by atoms with van der Waals surface area (Å²) in [4.78, 5) is 29.5. The van der Waals surface area contributed by atoms with Crippen molar-refractivity contribution in [3.63, 3.8) is 0 Å². The van der Waals surface area contributed by atoms with Gasteiger partial charge in [-0.1, -0.05) is 90.3 Å². The third-order valence-electron chi connectivity index (χ3n) is 7.96. The second-order valence-corrected chi connectivity index (χ2v) is 14.3. The zero-order valence-corrected chi connectivity index (χ0v) is 29.4. The minimum absolute atomic E-state index is 0.0600. The highest BCUT2D eigenvalue weighted by molar-refractivity contribution is 7.92. The van der Waals surface area contributed by atoms with E-state index in [1.54, 1.807) is 55.5 Å². The number of amides is 2. The Hall–Kier alpha value is -4.06. The average molecular weight is 735 g/mol. The van der Waals surface area contributed by atoms with Crippen molar-refractivity contribution in [2.45, 2.75) is 63.3 Å². The standard InChI is InChI=1S/C36H36Cl2F3N3O4S/c1-4-25(3)42-35(46)33(20-26-9-6-5-7-10-26)43(22-27-15-18-31(37)32(38)19-27)34(45)23-44(29-12-8-11-28(21-29)36(39,40)41)49(47,48)30-16-13-24(2)14-17-30/h5-19,21,25,33H,4,20,22-23H2,1-3H3,(H,42,46)/t25-,33-/m1/s1. The highest BCUT2D eigenvalue weighted by Gasteiger charge is 2.36. The van der Waals surface area contributed by atoms with E-state index in [1.807, 2.05) is 13.8 Å². The number of carbonyl (C=O) groups is 2. The van der Waals surface area contributed by atoms with Crippen LogP contribution in [0.2, 0.25) is 10.0 Å². The first kappa shape index (κ1) is 37.8. The second kappa shape index (κ2) is 16.1. The van der Waals surface area contributed by atoms with Crippen molar-refractivity contribution in [3.8, 4) is 0 Å². The van der Waals surface area contributed by atoms with Gasteiger partial charge in [0.05, 0.1) is 26.2 Å². The Morgan fingerprint density at radius 1 is 0.857 bits per heavy atom. The van der Waals surface area contributed by atoms with Gasteiger partial charge in [0.1, 0.15) is 12.6 Å². The lowest BCUT2D eigenvalue weighted by Crippen LogP contribution is -2.54. The zero-order valence-electron chi connectivity index (χ0n) is 27.0. The van der Waals surface area contributed by atoms with E-state index in [9.17, 15) is 31.2 Å². The number of aryl methyl sites for hydroxylation is 1. The molecule has 0 fully saturated rings. The number of alkyl halides is 3. The van der Waals surface area contributed by atoms with Crippen molar-refractivity contribution in [2.24, 2.45) is 0 Å². The molecule has 4 rings (SSSR count). The molecule has 0 radical (unpaired) electrons. The summed E-state index contributed by atoms with van der Waals surface area (Å²) in [5, 5.41) is 3.38. The summed E-state index contributed by atoms with van der Waals surface area (Å²) in [6, 6.07) is 21.7. The number of hydrogen-bond acceptors (Lipinski definition) is 4. The number of halogens is 5. The summed E-state index contributed by atoms with van der Waals surface area (Å²) in [7, 11) is -4.60. The fourth-order valence-electron chi connectivity index (χ4n) is 5.03. The third kappa shape index (κ3) is 9.77. The number of anilines is 1. The number of nitrogens with one attached hydrogen (secondary N) is 1. The molecule has 4 aromatic carbocycles. The van der Waals surface area contributed by atoms with Crippen LogP contribution in [0.4, 0.5) is 18.9 Å². The van der Waals surface area contributed by atoms with E-state index >= 15 is 0 Å². The Bertz CT molecular complexity index is 1870. The number of rotatable bonds is 13. The molecule has 0 aromatic heterocycles. The number of hydrogen-bond donors (Lipinski definition) is 1. The van der Waals surface area contributed by atoms with Crippen LogP contribution >= 0.6 is 23.2 Å². The predicted octanol–water partition coefficient (Wildman–Crippen LogP) is 8.07. The van der Waals surface area contributed by atoms with E-state index in [0.717, 1.165) is 23.3 Å². The Labute approximate surface area is 294 Å². The summed E-state index contributed by atoms with van der Waals surface area (Å²) in [5.41, 5.74) is 0.500. The number of benzene rings is 4. The van der Waals surface area contributed by atoms with Crippen LogP contribution in [0, 0.1) is 6.92 Å². The molecule has 0 aliphatic heterocycles. The largest absolute Gasteiger partial charge is 0.416 e. The highest BCUT2D eigenvalue weighted by Crippen LogP contribution is 2.34. The molecule has 4 aromatic rings. The Morgan fingerprint density at radius 3 is 2.14 bits per heavy atom. The lowest BCUT2D eigenvalue weighted by molar-refractivity contribution is -0.140. The van der Waals surface area contributed by atoms with Crippen LogP contribution in [0.5, 0.6) is 0 Å². The molecule has 0 aliphatic carbocycles. The smallest absolute Gasteiger partial charge is 0.352 e. The Kier molecular flexibility index (Phi) is 12.4. The van der Waals surface area contributed by atoms with Crippen LogP contribution in [0.15, 0.2) is 102 Å². The average Bonchev–Trinajstić information content (AvgIpc) is 3.06. The fraction of sp³-hybridized carbons (Fsp3) is 0.278. The van der Waals surface area contributed by atoms with E-state index in [4.69, 9.17) is 23.2 Å². The Balaban J connectivity index is 1.86. The van der Waals surface area contributed by atoms with E-state index < -0.39 is 46.2 Å². The monoisotopic (exact) mass is 733 g/mol. The summed E-state index contributed by atoms with van der Waals surface area (Å²) in [6.07, 6.45) is -4.12. The highest BCUT2D eigenvalue weighted by atomic mass is 35.5. The number of carbonyl (C=O) groups excluding carboxylic acids is 2. The molecular formula is C36H36Cl2F3N3O4S. The molecule has 0 saturated heterocycles. The SMILES string of the molecule is CC[C@@H](C)NC(=O)[C@@H](Cc1ccccc1)N(Cc1ccc(Cl)c(Cl)c1)C(=O)CN(c1cccc(C(F)(F)F)c1)S(=O)(=O)c1ccc(C)cc1. The van der Waals surface area contributed by atoms with Crippen LogP contribution in [-0.2, 0) is 38.8 Å². The molecule has 1 N–H and O–H groups in total. The van der Waals surface area contributed by atoms with Crippen molar-refractivity contribution in [1.29, 1.82) is 0 Å². The van der Waals surface area contributed by atoms with Gasteiger partial charge in [0.2, 0.25) is 11.8 Å². The predicted molar refractivity (Wildman–Crippen MR) is 186 cm³/mol. The molecule has 7 nitrogen and oxygen atoms in total. The van der Waals surface area contributed by atoms with Crippen molar-refractivity contribution >= 4 is 50.7 Å². The number of nitrogens with zero attached hydrogens (tertiary/aromatic N) is 2. The maximum Gasteiger partial charge on any atom is 0.416 e. The topological polar surface area (TPSA) is 86.8 Å². The van der Waals surface area contributed by atoms with E-state index in [1.165, 1.54) is 35.2 Å². The Morgan fingerprint density at radius 2 is 1.53 bits per heavy atom. The van der Waals surface area contributed by atoms with Gasteiger partial charge in [0.25, 0.3) is 10.0 Å². The molecule has 0 saturated carbocycles. The van der Waals surface area contributed by atoms with Crippen molar-refractivity contribution < 1.29 is 31.2 Å². The van der Waals surface area contributed by atoms with Crippen molar-refractivity contribution in [2.75, 3.05) is 10.8 Å². The van der Waals surface area contributed by atoms with Crippen LogP contribution in [-0.4, -0.2) is 43.8 Å². The summed E-state index contributed by atoms with van der Waals surface area (Å²) in [5.74, 6) is -1.32. The number of sulfonamides is 1. The van der Waals surface area contributed by atoms with Crippen LogP contribution < -0.4 is 9.62 Å². The van der Waals surface area contributed by atoms with Crippen molar-refractivity contribution in [1.82, 2.24) is 10.2 Å². The fourth-order valence-corrected chi connectivity index (χ4v) is 6.76. The van der Waals surface area contributed by atoms with Gasteiger partial charge in [-0.2, -0.15) is 13.2 Å². The van der Waals surface area contributed by atoms with Gasteiger partial charge in [-0.25, -0.2) is 8.42 Å². The van der Waals surface area contributed by atoms with Gasteiger partial charge >= 0.3 is 6.18 Å². The summed E-state index contributed by atoms with van der Waals surface area (Å²) < 4.78 is 70.4. The quantitative estimate of drug-likeness (QED) is 0.151. The molecule has 2 amide bonds. The third-order valence-corrected chi connectivity index (χ3v) is 10.5. The maximum absolute atomic E-state index is 14.5. The molecule has 0 heterocycles. The molecule has 0 unspecified atom stereocenters. The van der Waals surface area contributed by atoms with Crippen LogP contribution in [0.1, 0.15) is 42.5 Å². The molecular weight excluding hydrogens is 698 g/mol. The van der Waals surface area contributed by atoms with E-state index in [2.05, 4.69) is 5.32 Å². The summed E-state index contributed by atoms with van der Waals surface area (Å²) >= 11 is 12.4. The second-order valence-electron chi connectivity index (χ2n) is 11.7.